The fourth-order valence-electron chi connectivity index (χ4n) is 1.30. The van der Waals surface area contributed by atoms with E-state index < -0.39 is 11.9 Å². The average Bonchev–Trinajstić information content (AvgIpc) is 2.11. The van der Waals surface area contributed by atoms with Gasteiger partial charge >= 0.3 is 0 Å². The number of rotatable bonds is 3. The zero-order valence-electron chi connectivity index (χ0n) is 7.93. The van der Waals surface area contributed by atoms with Gasteiger partial charge in [0.05, 0.1) is 0 Å². The predicted molar refractivity (Wildman–Crippen MR) is 53.6 cm³/mol. The largest absolute Gasteiger partial charge is 0.398 e. The maximum atomic E-state index is 11.4. The smallest absolute Gasteiger partial charge is 0.251 e. The second kappa shape index (κ2) is 3.95. The molecule has 0 radical (unpaired) electrons. The first-order valence-corrected chi connectivity index (χ1v) is 4.33. The number of carbonyl (C=O) groups is 1. The maximum Gasteiger partial charge on any atom is 0.251 e. The molecule has 0 aromatic carbocycles. The zero-order chi connectivity index (χ0) is 10.7. The van der Waals surface area contributed by atoms with Gasteiger partial charge in [-0.25, -0.2) is 0 Å². The molecular formula is C9H13N3O2. The standard InChI is InChI=1S/C9H13N3O2/c1-2-7(9(11)14)12-5-6(10)3-4-8(12)13/h3-5,7H,2,10H2,1H3,(H2,11,14). The van der Waals surface area contributed by atoms with Gasteiger partial charge in [-0.1, -0.05) is 6.92 Å². The van der Waals surface area contributed by atoms with Crippen LogP contribution in [0.3, 0.4) is 0 Å². The molecule has 1 heterocycles. The molecule has 0 aliphatic rings. The molecule has 0 bridgehead atoms. The van der Waals surface area contributed by atoms with Crippen molar-refractivity contribution in [2.24, 2.45) is 5.73 Å². The Bertz CT molecular complexity index is 397. The highest BCUT2D eigenvalue weighted by Crippen LogP contribution is 2.09. The number of aromatic nitrogens is 1. The van der Waals surface area contributed by atoms with Gasteiger partial charge in [0.1, 0.15) is 6.04 Å². The van der Waals surface area contributed by atoms with Crippen molar-refractivity contribution in [3.05, 3.63) is 28.7 Å². The molecule has 5 heteroatoms. The summed E-state index contributed by atoms with van der Waals surface area (Å²) in [4.78, 5) is 22.4. The van der Waals surface area contributed by atoms with Gasteiger partial charge in [-0.15, -0.1) is 0 Å². The number of hydrogen-bond acceptors (Lipinski definition) is 3. The van der Waals surface area contributed by atoms with Crippen LogP contribution in [-0.2, 0) is 4.79 Å². The highest BCUT2D eigenvalue weighted by Gasteiger charge is 2.15. The van der Waals surface area contributed by atoms with E-state index >= 15 is 0 Å². The van der Waals surface area contributed by atoms with Crippen molar-refractivity contribution in [3.63, 3.8) is 0 Å². The van der Waals surface area contributed by atoms with Gasteiger partial charge in [-0.2, -0.15) is 0 Å². The quantitative estimate of drug-likeness (QED) is 0.703. The molecule has 1 aromatic heterocycles. The lowest BCUT2D eigenvalue weighted by atomic mass is 10.2. The van der Waals surface area contributed by atoms with Crippen LogP contribution in [0.4, 0.5) is 5.69 Å². The summed E-state index contributed by atoms with van der Waals surface area (Å²) in [6.07, 6.45) is 1.90. The number of nitrogen functional groups attached to an aromatic ring is 1. The Labute approximate surface area is 81.3 Å². The number of amides is 1. The number of nitrogens with zero attached hydrogens (tertiary/aromatic N) is 1. The third-order valence-electron chi connectivity index (χ3n) is 2.01. The van der Waals surface area contributed by atoms with Crippen molar-refractivity contribution >= 4 is 11.6 Å². The van der Waals surface area contributed by atoms with Crippen LogP contribution in [0.5, 0.6) is 0 Å². The summed E-state index contributed by atoms with van der Waals surface area (Å²) in [5, 5.41) is 0. The summed E-state index contributed by atoms with van der Waals surface area (Å²) in [5.74, 6) is -0.528. The van der Waals surface area contributed by atoms with Crippen molar-refractivity contribution in [1.82, 2.24) is 4.57 Å². The Morgan fingerprint density at radius 1 is 1.57 bits per heavy atom. The van der Waals surface area contributed by atoms with Gasteiger partial charge in [-0.3, -0.25) is 9.59 Å². The highest BCUT2D eigenvalue weighted by atomic mass is 16.2. The Balaban J connectivity index is 3.22. The molecule has 0 saturated heterocycles. The highest BCUT2D eigenvalue weighted by molar-refractivity contribution is 5.78. The van der Waals surface area contributed by atoms with E-state index in [0.717, 1.165) is 0 Å². The Hall–Kier alpha value is -1.78. The summed E-state index contributed by atoms with van der Waals surface area (Å²) in [6.45, 7) is 1.78. The molecule has 0 fully saturated rings. The molecule has 1 aromatic rings. The predicted octanol–water partition coefficient (Wildman–Crippen LogP) is -0.133. The first-order chi connectivity index (χ1) is 6.56. The van der Waals surface area contributed by atoms with Crippen LogP contribution in [0, 0.1) is 0 Å². The van der Waals surface area contributed by atoms with Crippen molar-refractivity contribution in [1.29, 1.82) is 0 Å². The average molecular weight is 195 g/mol. The number of carbonyl (C=O) groups excluding carboxylic acids is 1. The normalized spacial score (nSPS) is 12.4. The van der Waals surface area contributed by atoms with Crippen LogP contribution in [0.1, 0.15) is 19.4 Å². The molecule has 0 spiro atoms. The van der Waals surface area contributed by atoms with E-state index in [1.165, 1.54) is 22.9 Å². The molecule has 0 saturated carbocycles. The molecule has 0 aliphatic carbocycles. The Kier molecular flexibility index (Phi) is 2.91. The van der Waals surface area contributed by atoms with Gasteiger partial charge in [0.15, 0.2) is 0 Å². The van der Waals surface area contributed by atoms with E-state index in [0.29, 0.717) is 12.1 Å². The molecule has 1 atom stereocenters. The minimum atomic E-state index is -0.619. The van der Waals surface area contributed by atoms with Gasteiger partial charge in [0.2, 0.25) is 5.91 Å². The molecule has 1 amide bonds. The van der Waals surface area contributed by atoms with Crippen molar-refractivity contribution in [3.8, 4) is 0 Å². The van der Waals surface area contributed by atoms with Crippen molar-refractivity contribution < 1.29 is 4.79 Å². The molecule has 5 nitrogen and oxygen atoms in total. The van der Waals surface area contributed by atoms with E-state index in [9.17, 15) is 9.59 Å². The topological polar surface area (TPSA) is 91.1 Å². The second-order valence-electron chi connectivity index (χ2n) is 3.03. The SMILES string of the molecule is CCC(C(N)=O)n1cc(N)ccc1=O. The van der Waals surface area contributed by atoms with Gasteiger partial charge in [0.25, 0.3) is 5.56 Å². The third kappa shape index (κ3) is 1.93. The van der Waals surface area contributed by atoms with E-state index in [1.807, 2.05) is 0 Å². The van der Waals surface area contributed by atoms with Crippen LogP contribution in [-0.4, -0.2) is 10.5 Å². The van der Waals surface area contributed by atoms with Crippen LogP contribution in [0.2, 0.25) is 0 Å². The molecule has 1 unspecified atom stereocenters. The summed E-state index contributed by atoms with van der Waals surface area (Å²) in [7, 11) is 0. The van der Waals surface area contributed by atoms with Crippen molar-refractivity contribution in [2.75, 3.05) is 5.73 Å². The van der Waals surface area contributed by atoms with Gasteiger partial charge < -0.3 is 16.0 Å². The van der Waals surface area contributed by atoms with Crippen LogP contribution in [0.25, 0.3) is 0 Å². The zero-order valence-corrected chi connectivity index (χ0v) is 7.93. The molecule has 4 N–H and O–H groups in total. The lowest BCUT2D eigenvalue weighted by Gasteiger charge is -2.14. The lowest BCUT2D eigenvalue weighted by Crippen LogP contribution is -2.33. The van der Waals surface area contributed by atoms with Crippen LogP contribution in [0.15, 0.2) is 23.1 Å². The summed E-state index contributed by atoms with van der Waals surface area (Å²) in [5.41, 5.74) is 10.8. The monoisotopic (exact) mass is 195 g/mol. The van der Waals surface area contributed by atoms with E-state index in [2.05, 4.69) is 0 Å². The molecule has 76 valence electrons. The van der Waals surface area contributed by atoms with E-state index in [-0.39, 0.29) is 5.56 Å². The van der Waals surface area contributed by atoms with Crippen LogP contribution < -0.4 is 17.0 Å². The van der Waals surface area contributed by atoms with E-state index in [1.54, 1.807) is 6.92 Å². The maximum absolute atomic E-state index is 11.4. The summed E-state index contributed by atoms with van der Waals surface area (Å²) < 4.78 is 1.26. The number of nitrogens with two attached hydrogens (primary N) is 2. The molecule has 0 aliphatic heterocycles. The van der Waals surface area contributed by atoms with Gasteiger partial charge in [0, 0.05) is 18.0 Å². The van der Waals surface area contributed by atoms with Crippen LogP contribution >= 0.6 is 0 Å². The fraction of sp³-hybridized carbons (Fsp3) is 0.333. The first-order valence-electron chi connectivity index (χ1n) is 4.33. The van der Waals surface area contributed by atoms with Crippen molar-refractivity contribution in [2.45, 2.75) is 19.4 Å². The minimum Gasteiger partial charge on any atom is -0.398 e. The lowest BCUT2D eigenvalue weighted by molar-refractivity contribution is -0.121. The van der Waals surface area contributed by atoms with E-state index in [4.69, 9.17) is 11.5 Å². The van der Waals surface area contributed by atoms with Gasteiger partial charge in [-0.05, 0) is 12.5 Å². The number of primary amides is 1. The molecule has 1 rings (SSSR count). The number of hydrogen-bond donors (Lipinski definition) is 2. The molecule has 14 heavy (non-hydrogen) atoms. The number of pyridine rings is 1. The minimum absolute atomic E-state index is 0.273. The Morgan fingerprint density at radius 3 is 2.71 bits per heavy atom. The second-order valence-corrected chi connectivity index (χ2v) is 3.03. The first kappa shape index (κ1) is 10.3. The molecular weight excluding hydrogens is 182 g/mol. The third-order valence-corrected chi connectivity index (χ3v) is 2.01. The summed E-state index contributed by atoms with van der Waals surface area (Å²) in [6, 6.07) is 2.19. The fourth-order valence-corrected chi connectivity index (χ4v) is 1.30. The summed E-state index contributed by atoms with van der Waals surface area (Å²) >= 11 is 0. The Morgan fingerprint density at radius 2 is 2.21 bits per heavy atom. The number of anilines is 1.